The number of rotatable bonds is 15. The predicted molar refractivity (Wildman–Crippen MR) is 210 cm³/mol. The highest BCUT2D eigenvalue weighted by Gasteiger charge is 2.61. The molecule has 3 heterocycles. The second-order valence-electron chi connectivity index (χ2n) is 17.0. The summed E-state index contributed by atoms with van der Waals surface area (Å²) >= 11 is 6.91. The van der Waals surface area contributed by atoms with Gasteiger partial charge in [-0.3, -0.25) is 14.5 Å². The molecule has 57 heavy (non-hydrogen) atoms. The third-order valence-electron chi connectivity index (χ3n) is 11.9. The Morgan fingerprint density at radius 3 is 2.47 bits per heavy atom. The van der Waals surface area contributed by atoms with Gasteiger partial charge in [0, 0.05) is 43.4 Å². The Balaban J connectivity index is 1.13. The fraction of sp³-hybridized carbons (Fsp3) is 0.634. The highest BCUT2D eigenvalue weighted by atomic mass is 35.5. The number of ether oxygens (including phenoxy) is 5. The second kappa shape index (κ2) is 16.5. The summed E-state index contributed by atoms with van der Waals surface area (Å²) in [6, 6.07) is 3.00. The molecule has 2 aromatic rings. The molecule has 1 aromatic carbocycles. The average molecular weight is 812 g/mol. The van der Waals surface area contributed by atoms with E-state index in [1.807, 2.05) is 27.7 Å². The van der Waals surface area contributed by atoms with E-state index in [4.69, 9.17) is 35.3 Å². The lowest BCUT2D eigenvalue weighted by Crippen LogP contribution is -2.59. The maximum Gasteiger partial charge on any atom is 0.408 e. The highest BCUT2D eigenvalue weighted by molar-refractivity contribution is 6.36. The minimum atomic E-state index is -1.52. The number of halogens is 1. The Kier molecular flexibility index (Phi) is 11.8. The molecule has 5 aliphatic rings. The number of carboxylic acid groups (broad SMARTS) is 1. The van der Waals surface area contributed by atoms with Gasteiger partial charge in [0.05, 0.1) is 26.4 Å². The number of pyridine rings is 1. The molecule has 7 rings (SSSR count). The molecule has 310 valence electrons. The molecule has 3 saturated carbocycles. The molecular formula is C41H54ClN5O10. The summed E-state index contributed by atoms with van der Waals surface area (Å²) in [6.07, 6.45) is 2.91. The largest absolute Gasteiger partial charge is 0.491 e. The number of nitrogens with one attached hydrogen (secondary N) is 2. The lowest BCUT2D eigenvalue weighted by molar-refractivity contribution is -0.146. The lowest BCUT2D eigenvalue weighted by atomic mass is 9.85. The van der Waals surface area contributed by atoms with E-state index >= 15 is 0 Å². The number of hydrogen-bond donors (Lipinski definition) is 3. The topological polar surface area (TPSA) is 178 Å². The van der Waals surface area contributed by atoms with Crippen LogP contribution in [0.2, 0.25) is 5.02 Å². The maximum atomic E-state index is 14.6. The zero-order valence-corrected chi connectivity index (χ0v) is 33.8. The zero-order valence-electron chi connectivity index (χ0n) is 33.1. The minimum absolute atomic E-state index is 0.0302. The molecule has 3 aliphatic carbocycles. The van der Waals surface area contributed by atoms with Crippen molar-refractivity contribution >= 4 is 46.4 Å². The van der Waals surface area contributed by atoms with Gasteiger partial charge in [-0.25, -0.2) is 14.6 Å². The number of aromatic nitrogens is 1. The molecule has 0 radical (unpaired) electrons. The van der Waals surface area contributed by atoms with Gasteiger partial charge >= 0.3 is 12.1 Å². The smallest absolute Gasteiger partial charge is 0.408 e. The van der Waals surface area contributed by atoms with Crippen LogP contribution in [0.5, 0.6) is 17.4 Å². The Morgan fingerprint density at radius 2 is 1.82 bits per heavy atom. The number of fused-ring (bicyclic) bond motifs is 2. The SMILES string of the molecule is C=C[C@@H]1C[C@]1(NC(=O)[C@@H]1C[C@@H](Oc2cc(OCC)nc3c(Cl)c(OCCN4CCOCC4)ccc23)CN1C(=O)[C@@H](NC(=O)O[C@@H]1C[C@@H]2C[C@@H]2C1)C(C)(C)C)C(=O)O. The van der Waals surface area contributed by atoms with Crippen LogP contribution in [0.1, 0.15) is 59.8 Å². The normalized spacial score (nSPS) is 28.5. The van der Waals surface area contributed by atoms with Gasteiger partial charge in [-0.2, -0.15) is 0 Å². The van der Waals surface area contributed by atoms with Gasteiger partial charge in [-0.1, -0.05) is 38.4 Å². The Morgan fingerprint density at radius 1 is 1.09 bits per heavy atom. The van der Waals surface area contributed by atoms with Crippen molar-refractivity contribution in [3.8, 4) is 17.4 Å². The van der Waals surface area contributed by atoms with Crippen LogP contribution in [0, 0.1) is 23.2 Å². The average Bonchev–Trinajstić information content (AvgIpc) is 3.98. The minimum Gasteiger partial charge on any atom is -0.491 e. The molecule has 8 atom stereocenters. The Hall–Kier alpha value is -4.34. The van der Waals surface area contributed by atoms with E-state index in [2.05, 4.69) is 27.1 Å². The number of aliphatic carboxylic acids is 1. The molecule has 16 heteroatoms. The summed E-state index contributed by atoms with van der Waals surface area (Å²) in [4.78, 5) is 62.6. The van der Waals surface area contributed by atoms with Gasteiger partial charge in [0.2, 0.25) is 17.7 Å². The number of carbonyl (C=O) groups is 4. The van der Waals surface area contributed by atoms with E-state index in [9.17, 15) is 24.3 Å². The number of alkyl carbamates (subject to hydrolysis) is 1. The maximum absolute atomic E-state index is 14.6. The van der Waals surface area contributed by atoms with E-state index < -0.39 is 58.9 Å². The van der Waals surface area contributed by atoms with Crippen molar-refractivity contribution in [2.24, 2.45) is 23.2 Å². The van der Waals surface area contributed by atoms with Crippen LogP contribution in [0.15, 0.2) is 30.9 Å². The predicted octanol–water partition coefficient (Wildman–Crippen LogP) is 4.43. The number of morpholine rings is 1. The van der Waals surface area contributed by atoms with E-state index in [0.717, 1.165) is 25.9 Å². The molecule has 0 unspecified atom stereocenters. The van der Waals surface area contributed by atoms with Crippen molar-refractivity contribution < 1.29 is 48.0 Å². The molecule has 0 bridgehead atoms. The number of likely N-dealkylation sites (tertiary alicyclic amines) is 1. The first-order valence-corrected chi connectivity index (χ1v) is 20.4. The number of benzene rings is 1. The third-order valence-corrected chi connectivity index (χ3v) is 12.3. The van der Waals surface area contributed by atoms with E-state index in [-0.39, 0.29) is 36.4 Å². The van der Waals surface area contributed by atoms with Gasteiger partial charge in [-0.05, 0) is 62.0 Å². The summed E-state index contributed by atoms with van der Waals surface area (Å²) in [7, 11) is 0. The fourth-order valence-corrected chi connectivity index (χ4v) is 8.73. The van der Waals surface area contributed by atoms with Crippen molar-refractivity contribution in [1.82, 2.24) is 25.4 Å². The Labute approximate surface area is 337 Å². The van der Waals surface area contributed by atoms with Crippen molar-refractivity contribution in [1.29, 1.82) is 0 Å². The van der Waals surface area contributed by atoms with E-state index in [0.29, 0.717) is 67.2 Å². The van der Waals surface area contributed by atoms with Gasteiger partial charge in [-0.15, -0.1) is 6.58 Å². The number of carboxylic acids is 1. The zero-order chi connectivity index (χ0) is 40.6. The first-order chi connectivity index (χ1) is 27.2. The molecule has 3 amide bonds. The molecule has 2 saturated heterocycles. The standard InChI is InChI=1S/C41H54ClN5O10/c1-6-25-21-41(25,38(50)51)45-36(48)29-19-27(22-47(29)37(49)35(40(3,4)5)44-39(52)57-26-17-23-16-24(23)18-26)56-31-20-32(54-7-2)43-34-28(31)8-9-30(33(34)42)55-15-12-46-10-13-53-14-11-46/h6,8-9,20,23-27,29,35H,1,7,10-19,21-22H2,2-5H3,(H,44,52)(H,45,48)(H,50,51)/t23-,24+,25-,26+,27-,29+,35-,41-/m1/s1. The van der Waals surface area contributed by atoms with Crippen LogP contribution < -0.4 is 24.8 Å². The van der Waals surface area contributed by atoms with Crippen LogP contribution in [0.25, 0.3) is 10.9 Å². The summed E-state index contributed by atoms with van der Waals surface area (Å²) in [5.41, 5.74) is -1.91. The van der Waals surface area contributed by atoms with Crippen LogP contribution in [-0.2, 0) is 23.9 Å². The first-order valence-electron chi connectivity index (χ1n) is 20.0. The number of nitrogens with zero attached hydrogens (tertiary/aromatic N) is 3. The van der Waals surface area contributed by atoms with Crippen molar-refractivity contribution in [2.45, 2.75) is 89.6 Å². The molecular weight excluding hydrogens is 758 g/mol. The fourth-order valence-electron chi connectivity index (χ4n) is 8.47. The summed E-state index contributed by atoms with van der Waals surface area (Å²) in [5, 5.41) is 16.5. The summed E-state index contributed by atoms with van der Waals surface area (Å²) < 4.78 is 29.7. The van der Waals surface area contributed by atoms with Crippen LogP contribution in [-0.4, -0.2) is 126 Å². The number of amides is 3. The molecule has 2 aliphatic heterocycles. The van der Waals surface area contributed by atoms with Crippen molar-refractivity contribution in [3.63, 3.8) is 0 Å². The number of carbonyl (C=O) groups excluding carboxylic acids is 3. The first kappa shape index (κ1) is 40.8. The quantitative estimate of drug-likeness (QED) is 0.216. The molecule has 3 N–H and O–H groups in total. The van der Waals surface area contributed by atoms with Gasteiger partial charge in [0.25, 0.3) is 0 Å². The van der Waals surface area contributed by atoms with Gasteiger partial charge < -0.3 is 44.3 Å². The molecule has 1 aromatic heterocycles. The summed E-state index contributed by atoms with van der Waals surface area (Å²) in [6.45, 7) is 15.5. The monoisotopic (exact) mass is 811 g/mol. The van der Waals surface area contributed by atoms with Crippen molar-refractivity contribution in [2.75, 3.05) is 52.6 Å². The van der Waals surface area contributed by atoms with Gasteiger partial charge in [0.15, 0.2) is 0 Å². The van der Waals surface area contributed by atoms with E-state index in [1.54, 1.807) is 18.2 Å². The van der Waals surface area contributed by atoms with Crippen LogP contribution in [0.3, 0.4) is 0 Å². The lowest BCUT2D eigenvalue weighted by Gasteiger charge is -2.35. The molecule has 0 spiro atoms. The third kappa shape index (κ3) is 8.90. The summed E-state index contributed by atoms with van der Waals surface area (Å²) in [5.74, 6) is -0.524. The van der Waals surface area contributed by atoms with E-state index in [1.165, 1.54) is 17.4 Å². The number of hydrogen-bond acceptors (Lipinski definition) is 11. The van der Waals surface area contributed by atoms with Gasteiger partial charge in [0.1, 0.15) is 58.5 Å². The van der Waals surface area contributed by atoms with Crippen molar-refractivity contribution in [3.05, 3.63) is 35.9 Å². The molecule has 5 fully saturated rings. The van der Waals surface area contributed by atoms with Crippen LogP contribution in [0.4, 0.5) is 4.79 Å². The Bertz CT molecular complexity index is 1870. The van der Waals surface area contributed by atoms with Crippen LogP contribution >= 0.6 is 11.6 Å². The highest BCUT2D eigenvalue weighted by Crippen LogP contribution is 2.52. The molecule has 15 nitrogen and oxygen atoms in total. The second-order valence-corrected chi connectivity index (χ2v) is 17.3.